The molecule has 0 amide bonds. The summed E-state index contributed by atoms with van der Waals surface area (Å²) in [6.45, 7) is 10.2. The van der Waals surface area contributed by atoms with Crippen LogP contribution >= 0.6 is 11.6 Å². The molecule has 0 bridgehead atoms. The van der Waals surface area contributed by atoms with E-state index >= 15 is 0 Å². The lowest BCUT2D eigenvalue weighted by Gasteiger charge is -2.19. The van der Waals surface area contributed by atoms with Crippen molar-refractivity contribution >= 4 is 42.9 Å². The highest BCUT2D eigenvalue weighted by atomic mass is 35.5. The Bertz CT molecular complexity index is 919. The molecular weight excluding hydrogens is 406 g/mol. The molecule has 0 saturated carbocycles. The summed E-state index contributed by atoms with van der Waals surface area (Å²) in [5.41, 5.74) is 1.71. The molecule has 2 aromatic rings. The van der Waals surface area contributed by atoms with Crippen LogP contribution in [-0.2, 0) is 21.0 Å². The van der Waals surface area contributed by atoms with Crippen LogP contribution in [0, 0.1) is 5.92 Å². The molecule has 0 aliphatic carbocycles. The van der Waals surface area contributed by atoms with Crippen LogP contribution < -0.4 is 0 Å². The summed E-state index contributed by atoms with van der Waals surface area (Å²) in [7, 11) is -1.16. The van der Waals surface area contributed by atoms with Crippen molar-refractivity contribution in [3.05, 3.63) is 41.2 Å². The third kappa shape index (κ3) is 5.35. The Morgan fingerprint density at radius 1 is 1.31 bits per heavy atom. The number of aromatic nitrogens is 2. The molecule has 3 heterocycles. The van der Waals surface area contributed by atoms with Crippen molar-refractivity contribution in [2.75, 3.05) is 13.2 Å². The van der Waals surface area contributed by atoms with Gasteiger partial charge >= 0.3 is 5.97 Å². The first-order valence-corrected chi connectivity index (χ1v) is 14.0. The van der Waals surface area contributed by atoms with Crippen LogP contribution in [0.5, 0.6) is 0 Å². The first-order valence-electron chi connectivity index (χ1n) is 9.90. The number of aliphatic imine (C=N–C) groups is 1. The molecule has 6 nitrogen and oxygen atoms in total. The predicted octanol–water partition coefficient (Wildman–Crippen LogP) is 4.86. The quantitative estimate of drug-likeness (QED) is 0.258. The Balaban J connectivity index is 1.84. The Hall–Kier alpha value is -1.96. The average Bonchev–Trinajstić information content (AvgIpc) is 3.05. The van der Waals surface area contributed by atoms with Gasteiger partial charge in [0.1, 0.15) is 24.3 Å². The highest BCUT2D eigenvalue weighted by Crippen LogP contribution is 2.32. The van der Waals surface area contributed by atoms with E-state index in [-0.39, 0.29) is 12.0 Å². The van der Waals surface area contributed by atoms with Crippen molar-refractivity contribution < 1.29 is 14.3 Å². The summed E-state index contributed by atoms with van der Waals surface area (Å²) in [6, 6.07) is 4.65. The van der Waals surface area contributed by atoms with E-state index in [0.717, 1.165) is 22.8 Å². The van der Waals surface area contributed by atoms with Gasteiger partial charge in [0.15, 0.2) is 0 Å². The van der Waals surface area contributed by atoms with Gasteiger partial charge in [-0.05, 0) is 25.1 Å². The fourth-order valence-corrected chi connectivity index (χ4v) is 4.07. The molecule has 1 aliphatic heterocycles. The van der Waals surface area contributed by atoms with Gasteiger partial charge in [-0.1, -0.05) is 43.4 Å². The summed E-state index contributed by atoms with van der Waals surface area (Å²) in [4.78, 5) is 21.0. The maximum atomic E-state index is 11.9. The highest BCUT2D eigenvalue weighted by Gasteiger charge is 2.23. The second-order valence-electron chi connectivity index (χ2n) is 8.28. The van der Waals surface area contributed by atoms with Crippen LogP contribution in [0.3, 0.4) is 0 Å². The standard InChI is InChI=1S/C21H28ClN3O3Si/c1-5-28-21(26)15-6-7-18(24-13-15)19-12-16-17(22)8-9-23-20(16)25(19)14-27-10-11-29(2,3)4/h6-9,12-13,15,18H,5,10-11,14H2,1-4H3. The molecule has 0 aromatic carbocycles. The van der Waals surface area contributed by atoms with E-state index in [1.165, 1.54) is 0 Å². The molecule has 0 N–H and O–H groups in total. The van der Waals surface area contributed by atoms with Crippen molar-refractivity contribution in [2.45, 2.75) is 45.4 Å². The van der Waals surface area contributed by atoms with Gasteiger partial charge in [-0.3, -0.25) is 9.79 Å². The zero-order valence-corrected chi connectivity index (χ0v) is 19.1. The van der Waals surface area contributed by atoms with Crippen molar-refractivity contribution in [1.29, 1.82) is 0 Å². The summed E-state index contributed by atoms with van der Waals surface area (Å²) >= 11 is 6.40. The highest BCUT2D eigenvalue weighted by molar-refractivity contribution is 6.76. The minimum atomic E-state index is -1.16. The second-order valence-corrected chi connectivity index (χ2v) is 14.3. The second kappa shape index (κ2) is 9.24. The normalized spacial score (nSPS) is 19.1. The van der Waals surface area contributed by atoms with Crippen molar-refractivity contribution in [3.8, 4) is 0 Å². The van der Waals surface area contributed by atoms with E-state index in [0.29, 0.717) is 25.0 Å². The maximum absolute atomic E-state index is 11.9. The van der Waals surface area contributed by atoms with E-state index in [4.69, 9.17) is 21.1 Å². The number of carbonyl (C=O) groups is 1. The maximum Gasteiger partial charge on any atom is 0.318 e. The van der Waals surface area contributed by atoms with E-state index < -0.39 is 14.0 Å². The van der Waals surface area contributed by atoms with Gasteiger partial charge in [-0.15, -0.1) is 0 Å². The number of nitrogens with zero attached hydrogens (tertiary/aromatic N) is 3. The molecular formula is C21H28ClN3O3Si. The molecule has 0 spiro atoms. The zero-order chi connectivity index (χ0) is 21.0. The van der Waals surface area contributed by atoms with Gasteiger partial charge in [-0.25, -0.2) is 4.98 Å². The number of halogens is 1. The van der Waals surface area contributed by atoms with Crippen molar-refractivity contribution in [3.63, 3.8) is 0 Å². The number of ether oxygens (including phenoxy) is 2. The van der Waals surface area contributed by atoms with Crippen LogP contribution in [0.25, 0.3) is 11.0 Å². The summed E-state index contributed by atoms with van der Waals surface area (Å²) < 4.78 is 13.1. The van der Waals surface area contributed by atoms with Gasteiger partial charge in [0.05, 0.1) is 17.3 Å². The van der Waals surface area contributed by atoms with E-state index in [1.807, 2.05) is 22.8 Å². The largest absolute Gasteiger partial charge is 0.465 e. The molecule has 2 atom stereocenters. The van der Waals surface area contributed by atoms with E-state index in [9.17, 15) is 4.79 Å². The SMILES string of the molecule is CCOC(=O)C1C=CC(c2cc3c(Cl)ccnc3n2COCC[Si](C)(C)C)N=C1. The molecule has 2 unspecified atom stereocenters. The predicted molar refractivity (Wildman–Crippen MR) is 119 cm³/mol. The lowest BCUT2D eigenvalue weighted by atomic mass is 10.0. The van der Waals surface area contributed by atoms with Crippen LogP contribution in [0.2, 0.25) is 30.7 Å². The molecule has 0 saturated heterocycles. The van der Waals surface area contributed by atoms with Crippen molar-refractivity contribution in [2.24, 2.45) is 10.9 Å². The lowest BCUT2D eigenvalue weighted by molar-refractivity contribution is -0.144. The lowest BCUT2D eigenvalue weighted by Crippen LogP contribution is -2.22. The summed E-state index contributed by atoms with van der Waals surface area (Å²) in [6.07, 6.45) is 7.09. The fraction of sp³-hybridized carbons (Fsp3) is 0.476. The number of hydrogen-bond acceptors (Lipinski definition) is 5. The number of fused-ring (bicyclic) bond motifs is 1. The monoisotopic (exact) mass is 433 g/mol. The molecule has 8 heteroatoms. The van der Waals surface area contributed by atoms with Crippen LogP contribution in [0.1, 0.15) is 18.7 Å². The number of dihydropyridines is 1. The summed E-state index contributed by atoms with van der Waals surface area (Å²) in [5.74, 6) is -0.732. The molecule has 0 fully saturated rings. The zero-order valence-electron chi connectivity index (χ0n) is 17.4. The van der Waals surface area contributed by atoms with E-state index in [1.54, 1.807) is 25.4 Å². The van der Waals surface area contributed by atoms with Crippen LogP contribution in [0.15, 0.2) is 35.5 Å². The molecule has 2 aromatic heterocycles. The molecule has 3 rings (SSSR count). The average molecular weight is 434 g/mol. The number of esters is 1. The number of hydrogen-bond donors (Lipinski definition) is 0. The Morgan fingerprint density at radius 3 is 2.76 bits per heavy atom. The number of rotatable bonds is 8. The van der Waals surface area contributed by atoms with Gasteiger partial charge in [0, 0.05) is 32.5 Å². The van der Waals surface area contributed by atoms with Crippen molar-refractivity contribution in [1.82, 2.24) is 9.55 Å². The minimum Gasteiger partial charge on any atom is -0.465 e. The Kier molecular flexibility index (Phi) is 6.92. The fourth-order valence-electron chi connectivity index (χ4n) is 3.11. The molecule has 156 valence electrons. The minimum absolute atomic E-state index is 0.230. The summed E-state index contributed by atoms with van der Waals surface area (Å²) in [5, 5.41) is 1.51. The number of pyridine rings is 1. The first kappa shape index (κ1) is 21.7. The van der Waals surface area contributed by atoms with Gasteiger partial charge in [-0.2, -0.15) is 0 Å². The Morgan fingerprint density at radius 2 is 2.10 bits per heavy atom. The topological polar surface area (TPSA) is 65.7 Å². The first-order chi connectivity index (χ1) is 13.8. The smallest absolute Gasteiger partial charge is 0.318 e. The molecule has 29 heavy (non-hydrogen) atoms. The molecule has 1 aliphatic rings. The van der Waals surface area contributed by atoms with Gasteiger partial charge in [0.25, 0.3) is 0 Å². The van der Waals surface area contributed by atoms with Gasteiger partial charge < -0.3 is 14.0 Å². The number of carbonyl (C=O) groups excluding carboxylic acids is 1. The van der Waals surface area contributed by atoms with Crippen LogP contribution in [0.4, 0.5) is 0 Å². The molecule has 0 radical (unpaired) electrons. The van der Waals surface area contributed by atoms with Gasteiger partial charge in [0.2, 0.25) is 0 Å². The Labute approximate surface area is 177 Å². The third-order valence-corrected chi connectivity index (χ3v) is 6.80. The third-order valence-electron chi connectivity index (χ3n) is 4.76. The van der Waals surface area contributed by atoms with E-state index in [2.05, 4.69) is 29.6 Å². The van der Waals surface area contributed by atoms with Crippen LogP contribution in [-0.4, -0.2) is 43.0 Å².